The minimum atomic E-state index is -4.59. The van der Waals surface area contributed by atoms with Crippen molar-refractivity contribution in [1.82, 2.24) is 0 Å². The van der Waals surface area contributed by atoms with Crippen LogP contribution < -0.4 is 4.74 Å². The topological polar surface area (TPSA) is 38.7 Å². The third-order valence-corrected chi connectivity index (χ3v) is 4.85. The second-order valence-electron chi connectivity index (χ2n) is 6.69. The summed E-state index contributed by atoms with van der Waals surface area (Å²) in [5.41, 5.74) is 0.312. The van der Waals surface area contributed by atoms with Gasteiger partial charge in [-0.3, -0.25) is 0 Å². The molecule has 0 aliphatic heterocycles. The van der Waals surface area contributed by atoms with Crippen molar-refractivity contribution in [2.75, 3.05) is 13.2 Å². The van der Waals surface area contributed by atoms with Crippen LogP contribution in [0.5, 0.6) is 5.75 Å². The first-order valence-corrected chi connectivity index (χ1v) is 9.22. The van der Waals surface area contributed by atoms with Crippen LogP contribution in [0.4, 0.5) is 17.6 Å². The lowest BCUT2D eigenvalue weighted by Gasteiger charge is -2.19. The molecule has 7 heteroatoms. The minimum Gasteiger partial charge on any atom is -0.486 e. The molecule has 1 aliphatic rings. The maximum Gasteiger partial charge on any atom is 0.416 e. The molecule has 0 amide bonds. The molecule has 3 rings (SSSR count). The number of halogens is 4. The van der Waals surface area contributed by atoms with Gasteiger partial charge in [0.05, 0.1) is 11.7 Å². The van der Waals surface area contributed by atoms with E-state index in [0.717, 1.165) is 11.6 Å². The van der Waals surface area contributed by atoms with Crippen molar-refractivity contribution in [3.05, 3.63) is 64.5 Å². The molecule has 1 N–H and O–H groups in total. The second-order valence-corrected chi connectivity index (χ2v) is 6.69. The molecule has 152 valence electrons. The summed E-state index contributed by atoms with van der Waals surface area (Å²) in [5.74, 6) is -0.431. The van der Waals surface area contributed by atoms with Crippen LogP contribution in [0.15, 0.2) is 36.4 Å². The number of hydrogen-bond donors (Lipinski definition) is 1. The highest BCUT2D eigenvalue weighted by molar-refractivity contribution is 5.43. The van der Waals surface area contributed by atoms with E-state index in [1.807, 2.05) is 6.92 Å². The van der Waals surface area contributed by atoms with Gasteiger partial charge in [-0.2, -0.15) is 13.2 Å². The van der Waals surface area contributed by atoms with E-state index in [-0.39, 0.29) is 30.3 Å². The molecule has 0 saturated carbocycles. The molecule has 0 unspecified atom stereocenters. The normalized spacial score (nSPS) is 17.4. The first-order chi connectivity index (χ1) is 13.3. The number of aliphatic hydroxyl groups is 1. The number of ether oxygens (including phenoxy) is 2. The summed E-state index contributed by atoms with van der Waals surface area (Å²) in [6.07, 6.45) is -4.45. The highest BCUT2D eigenvalue weighted by Gasteiger charge is 2.38. The zero-order valence-electron chi connectivity index (χ0n) is 15.4. The van der Waals surface area contributed by atoms with Gasteiger partial charge < -0.3 is 14.6 Å². The summed E-state index contributed by atoms with van der Waals surface area (Å²) < 4.78 is 64.8. The molecule has 0 saturated heterocycles. The van der Waals surface area contributed by atoms with E-state index in [0.29, 0.717) is 31.3 Å². The van der Waals surface area contributed by atoms with Crippen LogP contribution in [0.3, 0.4) is 0 Å². The molecule has 2 aromatic rings. The molecule has 0 fully saturated rings. The van der Waals surface area contributed by atoms with E-state index < -0.39 is 23.7 Å². The zero-order chi connectivity index (χ0) is 20.3. The van der Waals surface area contributed by atoms with E-state index in [4.69, 9.17) is 14.6 Å². The van der Waals surface area contributed by atoms with Gasteiger partial charge in [0.2, 0.25) is 0 Å². The molecule has 2 aromatic carbocycles. The summed E-state index contributed by atoms with van der Waals surface area (Å²) in [6.45, 7) is 2.37. The lowest BCUT2D eigenvalue weighted by molar-refractivity contribution is -0.138. The van der Waals surface area contributed by atoms with E-state index in [9.17, 15) is 17.6 Å². The molecular weight excluding hydrogens is 376 g/mol. The van der Waals surface area contributed by atoms with Gasteiger partial charge in [0.15, 0.2) is 0 Å². The van der Waals surface area contributed by atoms with Crippen molar-refractivity contribution in [3.63, 3.8) is 0 Å². The Labute approximate surface area is 160 Å². The van der Waals surface area contributed by atoms with E-state index in [2.05, 4.69) is 0 Å². The molecule has 0 spiro atoms. The highest BCUT2D eigenvalue weighted by atomic mass is 19.4. The molecule has 0 heterocycles. The van der Waals surface area contributed by atoms with Crippen LogP contribution in [0.1, 0.15) is 54.2 Å². The Kier molecular flexibility index (Phi) is 6.25. The molecule has 1 aliphatic carbocycles. The van der Waals surface area contributed by atoms with Crippen molar-refractivity contribution in [1.29, 1.82) is 0 Å². The quantitative estimate of drug-likeness (QED) is 0.637. The fraction of sp³-hybridized carbons (Fsp3) is 0.429. The largest absolute Gasteiger partial charge is 0.486 e. The number of rotatable bonds is 7. The summed E-state index contributed by atoms with van der Waals surface area (Å²) in [4.78, 5) is 0. The molecule has 0 radical (unpaired) electrons. The van der Waals surface area contributed by atoms with E-state index >= 15 is 0 Å². The van der Waals surface area contributed by atoms with Gasteiger partial charge in [0.1, 0.15) is 17.7 Å². The lowest BCUT2D eigenvalue weighted by atomic mass is 10.0. The number of fused-ring (bicyclic) bond motifs is 1. The fourth-order valence-electron chi connectivity index (χ4n) is 3.62. The Morgan fingerprint density at radius 3 is 2.50 bits per heavy atom. The zero-order valence-corrected chi connectivity index (χ0v) is 15.4. The summed E-state index contributed by atoms with van der Waals surface area (Å²) in [5, 5.41) is 9.15. The van der Waals surface area contributed by atoms with Crippen LogP contribution in [0.25, 0.3) is 0 Å². The van der Waals surface area contributed by atoms with Crippen molar-refractivity contribution in [2.24, 2.45) is 0 Å². The SMILES string of the molecule is CCO[C@@H](CCO)c1ccc(O[C@@H]2CCc3c2cc(F)cc3C(F)(F)F)cc1. The number of aliphatic hydroxyl groups excluding tert-OH is 1. The van der Waals surface area contributed by atoms with Gasteiger partial charge in [-0.05, 0) is 60.7 Å². The van der Waals surface area contributed by atoms with E-state index in [1.54, 1.807) is 24.3 Å². The highest BCUT2D eigenvalue weighted by Crippen LogP contribution is 2.42. The third-order valence-electron chi connectivity index (χ3n) is 4.85. The average Bonchev–Trinajstić information content (AvgIpc) is 3.03. The van der Waals surface area contributed by atoms with Gasteiger partial charge in [-0.1, -0.05) is 12.1 Å². The van der Waals surface area contributed by atoms with Crippen molar-refractivity contribution in [3.8, 4) is 5.75 Å². The minimum absolute atomic E-state index is 0.00508. The fourth-order valence-corrected chi connectivity index (χ4v) is 3.62. The molecule has 28 heavy (non-hydrogen) atoms. The maximum absolute atomic E-state index is 13.8. The summed E-state index contributed by atoms with van der Waals surface area (Å²) in [7, 11) is 0. The molecule has 3 nitrogen and oxygen atoms in total. The number of benzene rings is 2. The predicted molar refractivity (Wildman–Crippen MR) is 95.6 cm³/mol. The van der Waals surface area contributed by atoms with Gasteiger partial charge in [-0.15, -0.1) is 0 Å². The molecule has 0 bridgehead atoms. The Balaban J connectivity index is 1.79. The van der Waals surface area contributed by atoms with Crippen molar-refractivity contribution < 1.29 is 32.1 Å². The monoisotopic (exact) mass is 398 g/mol. The summed E-state index contributed by atoms with van der Waals surface area (Å²) in [6, 6.07) is 8.69. The van der Waals surface area contributed by atoms with Crippen LogP contribution >= 0.6 is 0 Å². The summed E-state index contributed by atoms with van der Waals surface area (Å²) >= 11 is 0. The molecular formula is C21H22F4O3. The Morgan fingerprint density at radius 1 is 1.18 bits per heavy atom. The number of alkyl halides is 3. The third kappa shape index (κ3) is 4.47. The van der Waals surface area contributed by atoms with Gasteiger partial charge in [0, 0.05) is 19.6 Å². The van der Waals surface area contributed by atoms with Gasteiger partial charge >= 0.3 is 6.18 Å². The van der Waals surface area contributed by atoms with Crippen LogP contribution in [0, 0.1) is 5.82 Å². The maximum atomic E-state index is 13.8. The lowest BCUT2D eigenvalue weighted by Crippen LogP contribution is -2.11. The van der Waals surface area contributed by atoms with E-state index in [1.165, 1.54) is 0 Å². The van der Waals surface area contributed by atoms with Gasteiger partial charge in [0.25, 0.3) is 0 Å². The first kappa shape index (κ1) is 20.6. The second kappa shape index (κ2) is 8.49. The Hall–Kier alpha value is -2.12. The van der Waals surface area contributed by atoms with Crippen LogP contribution in [-0.4, -0.2) is 18.3 Å². The molecule has 0 aromatic heterocycles. The number of hydrogen-bond acceptors (Lipinski definition) is 3. The van der Waals surface area contributed by atoms with Crippen LogP contribution in [-0.2, 0) is 17.3 Å². The van der Waals surface area contributed by atoms with Crippen molar-refractivity contribution >= 4 is 0 Å². The van der Waals surface area contributed by atoms with Gasteiger partial charge in [-0.25, -0.2) is 4.39 Å². The van der Waals surface area contributed by atoms with Crippen molar-refractivity contribution in [2.45, 2.75) is 44.6 Å². The Bertz CT molecular complexity index is 797. The predicted octanol–water partition coefficient (Wildman–Crippen LogP) is 5.37. The molecule has 2 atom stereocenters. The van der Waals surface area contributed by atoms with Crippen LogP contribution in [0.2, 0.25) is 0 Å². The average molecular weight is 398 g/mol. The standard InChI is InChI=1S/C21H22F4O3/c1-2-27-19(9-10-26)13-3-5-15(6-4-13)28-20-8-7-16-17(20)11-14(22)12-18(16)21(23,24)25/h3-6,11-12,19-20,26H,2,7-10H2,1H3/t19-,20+/m0/s1. The Morgan fingerprint density at radius 2 is 1.89 bits per heavy atom. The first-order valence-electron chi connectivity index (χ1n) is 9.22. The smallest absolute Gasteiger partial charge is 0.416 e.